The van der Waals surface area contributed by atoms with Gasteiger partial charge in [-0.3, -0.25) is 4.98 Å². The average Bonchev–Trinajstić information content (AvgIpc) is 3.11. The third kappa shape index (κ3) is 4.29. The highest BCUT2D eigenvalue weighted by Gasteiger charge is 2.11. The van der Waals surface area contributed by atoms with Gasteiger partial charge in [0.1, 0.15) is 5.82 Å². The molecule has 0 amide bonds. The van der Waals surface area contributed by atoms with E-state index in [1.54, 1.807) is 23.5 Å². The number of nitrogens with zero attached hydrogens (tertiary/aromatic N) is 3. The van der Waals surface area contributed by atoms with Crippen molar-refractivity contribution in [2.75, 3.05) is 0 Å². The third-order valence-electron chi connectivity index (χ3n) is 4.32. The molecule has 4 aromatic rings. The minimum atomic E-state index is -0.262. The maximum Gasteiger partial charge on any atom is 0.190 e. The Balaban J connectivity index is 1.77. The summed E-state index contributed by atoms with van der Waals surface area (Å²) in [7, 11) is 0. The maximum atomic E-state index is 13.2. The molecular weight excluding hydrogens is 437 g/mol. The molecule has 140 valence electrons. The van der Waals surface area contributed by atoms with E-state index < -0.39 is 0 Å². The Morgan fingerprint density at radius 1 is 1.00 bits per heavy atom. The molecule has 0 spiro atoms. The number of hydrogen-bond donors (Lipinski definition) is 0. The van der Waals surface area contributed by atoms with Crippen molar-refractivity contribution in [1.82, 2.24) is 9.55 Å². The van der Waals surface area contributed by atoms with Crippen LogP contribution in [0.15, 0.2) is 87.8 Å². The van der Waals surface area contributed by atoms with Crippen LogP contribution < -0.4 is 4.80 Å². The van der Waals surface area contributed by atoms with Gasteiger partial charge in [-0.05, 0) is 42.5 Å². The molecule has 2 heterocycles. The summed E-state index contributed by atoms with van der Waals surface area (Å²) >= 11 is 5.23. The highest BCUT2D eigenvalue weighted by molar-refractivity contribution is 9.10. The number of aryl methyl sites for hydroxylation is 1. The summed E-state index contributed by atoms with van der Waals surface area (Å²) in [4.78, 5) is 10.0. The highest BCUT2D eigenvalue weighted by atomic mass is 79.9. The van der Waals surface area contributed by atoms with Crippen LogP contribution in [0.1, 0.15) is 5.69 Å². The summed E-state index contributed by atoms with van der Waals surface area (Å²) in [5.41, 5.74) is 3.97. The zero-order chi connectivity index (χ0) is 19.3. The number of aromatic nitrogens is 2. The lowest BCUT2D eigenvalue weighted by atomic mass is 10.1. The lowest BCUT2D eigenvalue weighted by Gasteiger charge is -2.10. The average molecular weight is 454 g/mol. The Kier molecular flexibility index (Phi) is 5.78. The standard InChI is InChI=1S/C22H17BrFN3S/c23-20-7-2-1-6-19(20)21-15-28-22(26-18-10-8-16(24)9-11-18)27(21)14-12-17-5-3-4-13-25-17/h1-11,13,15H,12,14H2. The van der Waals surface area contributed by atoms with Crippen LogP contribution in [0.3, 0.4) is 0 Å². The first-order valence-corrected chi connectivity index (χ1v) is 10.5. The first-order valence-electron chi connectivity index (χ1n) is 8.84. The molecular formula is C22H17BrFN3S. The number of halogens is 2. The number of pyridine rings is 1. The van der Waals surface area contributed by atoms with Crippen molar-refractivity contribution in [2.45, 2.75) is 13.0 Å². The van der Waals surface area contributed by atoms with Crippen molar-refractivity contribution in [1.29, 1.82) is 0 Å². The molecule has 0 atom stereocenters. The van der Waals surface area contributed by atoms with E-state index in [0.717, 1.165) is 44.9 Å². The predicted octanol–water partition coefficient (Wildman–Crippen LogP) is 5.99. The van der Waals surface area contributed by atoms with Gasteiger partial charge in [-0.1, -0.05) is 40.2 Å². The van der Waals surface area contributed by atoms with Gasteiger partial charge in [-0.25, -0.2) is 9.38 Å². The van der Waals surface area contributed by atoms with Crippen LogP contribution in [0.2, 0.25) is 0 Å². The molecule has 0 aliphatic carbocycles. The van der Waals surface area contributed by atoms with E-state index in [-0.39, 0.29) is 5.82 Å². The first kappa shape index (κ1) is 18.8. The summed E-state index contributed by atoms with van der Waals surface area (Å²) < 4.78 is 16.5. The van der Waals surface area contributed by atoms with E-state index in [1.807, 2.05) is 42.6 Å². The van der Waals surface area contributed by atoms with E-state index in [2.05, 4.69) is 36.9 Å². The Bertz CT molecular complexity index is 1130. The smallest absolute Gasteiger partial charge is 0.190 e. The molecule has 0 saturated heterocycles. The van der Waals surface area contributed by atoms with Crippen LogP contribution in [0.4, 0.5) is 10.1 Å². The molecule has 0 unspecified atom stereocenters. The van der Waals surface area contributed by atoms with Crippen LogP contribution in [-0.4, -0.2) is 9.55 Å². The maximum absolute atomic E-state index is 13.2. The van der Waals surface area contributed by atoms with Crippen molar-refractivity contribution in [3.63, 3.8) is 0 Å². The zero-order valence-corrected chi connectivity index (χ0v) is 17.3. The summed E-state index contributed by atoms with van der Waals surface area (Å²) in [6.45, 7) is 0.747. The fourth-order valence-corrected chi connectivity index (χ4v) is 4.35. The topological polar surface area (TPSA) is 30.2 Å². The molecule has 0 fully saturated rings. The lowest BCUT2D eigenvalue weighted by molar-refractivity contribution is 0.628. The molecule has 0 aliphatic rings. The molecule has 0 saturated carbocycles. The third-order valence-corrected chi connectivity index (χ3v) is 5.87. The van der Waals surface area contributed by atoms with Gasteiger partial charge < -0.3 is 4.57 Å². The van der Waals surface area contributed by atoms with Gasteiger partial charge in [-0.15, -0.1) is 11.3 Å². The van der Waals surface area contributed by atoms with E-state index in [1.165, 1.54) is 12.1 Å². The van der Waals surface area contributed by atoms with Gasteiger partial charge in [0.05, 0.1) is 11.4 Å². The van der Waals surface area contributed by atoms with E-state index in [0.29, 0.717) is 0 Å². The van der Waals surface area contributed by atoms with Crippen LogP contribution in [0.25, 0.3) is 11.3 Å². The SMILES string of the molecule is Fc1ccc(N=c2scc(-c3ccccc3Br)n2CCc2ccccn2)cc1. The number of benzene rings is 2. The molecule has 0 aliphatic heterocycles. The lowest BCUT2D eigenvalue weighted by Crippen LogP contribution is -2.17. The summed E-state index contributed by atoms with van der Waals surface area (Å²) in [6.07, 6.45) is 2.61. The fraction of sp³-hybridized carbons (Fsp3) is 0.0909. The molecule has 28 heavy (non-hydrogen) atoms. The number of hydrogen-bond acceptors (Lipinski definition) is 3. The van der Waals surface area contributed by atoms with Crippen LogP contribution in [0.5, 0.6) is 0 Å². The van der Waals surface area contributed by atoms with Crippen molar-refractivity contribution in [2.24, 2.45) is 4.99 Å². The first-order chi connectivity index (χ1) is 13.7. The number of thiazole rings is 1. The Labute approximate surface area is 175 Å². The Hall–Kier alpha value is -2.57. The second-order valence-electron chi connectivity index (χ2n) is 6.19. The van der Waals surface area contributed by atoms with Crippen LogP contribution in [0, 0.1) is 5.82 Å². The molecule has 4 rings (SSSR count). The van der Waals surface area contributed by atoms with Gasteiger partial charge in [0, 0.05) is 40.3 Å². The monoisotopic (exact) mass is 453 g/mol. The summed E-state index contributed by atoms with van der Waals surface area (Å²) in [5, 5.41) is 2.11. The summed E-state index contributed by atoms with van der Waals surface area (Å²) in [6, 6.07) is 20.3. The van der Waals surface area contributed by atoms with Crippen LogP contribution >= 0.6 is 27.3 Å². The number of rotatable bonds is 5. The second kappa shape index (κ2) is 8.63. The van der Waals surface area contributed by atoms with E-state index in [4.69, 9.17) is 4.99 Å². The second-order valence-corrected chi connectivity index (χ2v) is 7.89. The van der Waals surface area contributed by atoms with Gasteiger partial charge in [-0.2, -0.15) is 0 Å². The predicted molar refractivity (Wildman–Crippen MR) is 115 cm³/mol. The quantitative estimate of drug-likeness (QED) is 0.365. The molecule has 6 heteroatoms. The van der Waals surface area contributed by atoms with Crippen molar-refractivity contribution in [3.05, 3.63) is 99.1 Å². The molecule has 3 nitrogen and oxygen atoms in total. The molecule has 2 aromatic carbocycles. The van der Waals surface area contributed by atoms with E-state index in [9.17, 15) is 4.39 Å². The fourth-order valence-electron chi connectivity index (χ4n) is 2.92. The van der Waals surface area contributed by atoms with Gasteiger partial charge in [0.25, 0.3) is 0 Å². The largest absolute Gasteiger partial charge is 0.316 e. The molecule has 0 N–H and O–H groups in total. The summed E-state index contributed by atoms with van der Waals surface area (Å²) in [5.74, 6) is -0.262. The minimum Gasteiger partial charge on any atom is -0.316 e. The highest BCUT2D eigenvalue weighted by Crippen LogP contribution is 2.28. The van der Waals surface area contributed by atoms with E-state index >= 15 is 0 Å². The van der Waals surface area contributed by atoms with Crippen molar-refractivity contribution >= 4 is 33.0 Å². The minimum absolute atomic E-state index is 0.262. The Morgan fingerprint density at radius 2 is 1.79 bits per heavy atom. The van der Waals surface area contributed by atoms with Gasteiger partial charge in [0.15, 0.2) is 4.80 Å². The normalized spacial score (nSPS) is 11.7. The van der Waals surface area contributed by atoms with Gasteiger partial charge >= 0.3 is 0 Å². The van der Waals surface area contributed by atoms with Crippen LogP contribution in [-0.2, 0) is 13.0 Å². The zero-order valence-electron chi connectivity index (χ0n) is 14.9. The molecule has 0 bridgehead atoms. The Morgan fingerprint density at radius 3 is 2.54 bits per heavy atom. The van der Waals surface area contributed by atoms with Gasteiger partial charge in [0.2, 0.25) is 0 Å². The van der Waals surface area contributed by atoms with Crippen molar-refractivity contribution in [3.8, 4) is 11.3 Å². The van der Waals surface area contributed by atoms with Crippen molar-refractivity contribution < 1.29 is 4.39 Å². The molecule has 0 radical (unpaired) electrons. The molecule has 2 aromatic heterocycles.